The molecule has 0 spiro atoms. The van der Waals surface area contributed by atoms with Gasteiger partial charge in [0.15, 0.2) is 11.4 Å². The second-order valence-electron chi connectivity index (χ2n) is 9.87. The van der Waals surface area contributed by atoms with Crippen LogP contribution < -0.4 is 4.90 Å². The van der Waals surface area contributed by atoms with Crippen molar-refractivity contribution < 1.29 is 14.3 Å². The van der Waals surface area contributed by atoms with Crippen molar-refractivity contribution >= 4 is 17.2 Å². The molecule has 5 atom stereocenters. The summed E-state index contributed by atoms with van der Waals surface area (Å²) in [6.45, 7) is 0.979. The van der Waals surface area contributed by atoms with Crippen LogP contribution in [0.25, 0.3) is 5.65 Å². The highest BCUT2D eigenvalue weighted by atomic mass is 19.1. The van der Waals surface area contributed by atoms with Crippen molar-refractivity contribution in [1.29, 1.82) is 0 Å². The fourth-order valence-corrected chi connectivity index (χ4v) is 6.67. The second-order valence-corrected chi connectivity index (χ2v) is 9.87. The van der Waals surface area contributed by atoms with Crippen LogP contribution in [0.3, 0.4) is 0 Å². The Morgan fingerprint density at radius 3 is 2.82 bits per heavy atom. The quantitative estimate of drug-likeness (QED) is 0.576. The summed E-state index contributed by atoms with van der Waals surface area (Å²) in [6, 6.07) is 3.44. The molecule has 2 bridgehead atoms. The third-order valence-corrected chi connectivity index (χ3v) is 8.22. The van der Waals surface area contributed by atoms with Crippen LogP contribution in [-0.4, -0.2) is 43.6 Å². The van der Waals surface area contributed by atoms with Crippen molar-refractivity contribution in [3.63, 3.8) is 0 Å². The van der Waals surface area contributed by atoms with Crippen molar-refractivity contribution in [3.05, 3.63) is 53.9 Å². The molecule has 6 rings (SSSR count). The maximum absolute atomic E-state index is 13.8. The van der Waals surface area contributed by atoms with Gasteiger partial charge in [-0.1, -0.05) is 0 Å². The van der Waals surface area contributed by atoms with Crippen molar-refractivity contribution in [1.82, 2.24) is 19.6 Å². The molecule has 7 nitrogen and oxygen atoms in total. The molecule has 0 amide bonds. The standard InChI is InChI=1S/C25H28FN5O2/c26-18-9-17(11-27-12-18)22-2-1-6-30(22)24-5-7-31-25(29-24)20(13-28-31)23(33)10-19-15-3-4-16(8-15)21(19)14-32/h5,7,9,11-13,15-16,19,21-22,32H,1-4,6,8,10,14H2/t15?,16-,19+,21-,22?/m0/s1. The molecule has 0 radical (unpaired) electrons. The third kappa shape index (κ3) is 3.51. The lowest BCUT2D eigenvalue weighted by atomic mass is 9.76. The Morgan fingerprint density at radius 2 is 2.00 bits per heavy atom. The summed E-state index contributed by atoms with van der Waals surface area (Å²) in [6.07, 6.45) is 12.2. The highest BCUT2D eigenvalue weighted by Crippen LogP contribution is 2.53. The summed E-state index contributed by atoms with van der Waals surface area (Å²) >= 11 is 0. The molecule has 8 heteroatoms. The van der Waals surface area contributed by atoms with E-state index < -0.39 is 0 Å². The lowest BCUT2D eigenvalue weighted by molar-refractivity contribution is 0.0844. The number of halogens is 1. The Bertz CT molecular complexity index is 1200. The Morgan fingerprint density at radius 1 is 1.15 bits per heavy atom. The van der Waals surface area contributed by atoms with Crippen LogP contribution in [0, 0.1) is 29.5 Å². The van der Waals surface area contributed by atoms with Gasteiger partial charge in [-0.3, -0.25) is 9.78 Å². The van der Waals surface area contributed by atoms with Crippen LogP contribution in [0.2, 0.25) is 0 Å². The lowest BCUT2D eigenvalue weighted by Crippen LogP contribution is -2.27. The van der Waals surface area contributed by atoms with Crippen LogP contribution >= 0.6 is 0 Å². The number of rotatable bonds is 6. The van der Waals surface area contributed by atoms with E-state index in [1.54, 1.807) is 16.9 Å². The monoisotopic (exact) mass is 449 g/mol. The fraction of sp³-hybridized carbons (Fsp3) is 0.520. The van der Waals surface area contributed by atoms with Crippen LogP contribution in [0.1, 0.15) is 60.5 Å². The number of hydrogen-bond donors (Lipinski definition) is 1. The van der Waals surface area contributed by atoms with E-state index in [9.17, 15) is 14.3 Å². The van der Waals surface area contributed by atoms with Gasteiger partial charge in [0.1, 0.15) is 11.6 Å². The smallest absolute Gasteiger partial charge is 0.168 e. The Kier molecular flexibility index (Phi) is 5.13. The zero-order valence-electron chi connectivity index (χ0n) is 18.5. The number of carbonyl (C=O) groups excluding carboxylic acids is 1. The number of aliphatic hydroxyl groups excluding tert-OH is 1. The van der Waals surface area contributed by atoms with Gasteiger partial charge in [-0.25, -0.2) is 13.9 Å². The maximum atomic E-state index is 13.8. The fourth-order valence-electron chi connectivity index (χ4n) is 6.67. The molecule has 2 unspecified atom stereocenters. The Labute approximate surface area is 191 Å². The summed E-state index contributed by atoms with van der Waals surface area (Å²) in [5.74, 6) is 2.08. The molecular weight excluding hydrogens is 421 g/mol. The second kappa shape index (κ2) is 8.17. The van der Waals surface area contributed by atoms with Gasteiger partial charge in [-0.2, -0.15) is 5.10 Å². The van der Waals surface area contributed by atoms with Gasteiger partial charge in [0.05, 0.1) is 24.0 Å². The Hall–Kier alpha value is -2.87. The molecule has 4 heterocycles. The number of fused-ring (bicyclic) bond motifs is 3. The number of Topliss-reactive ketones (excluding diaryl/α,β-unsaturated/α-hetero) is 1. The summed E-state index contributed by atoms with van der Waals surface area (Å²) in [5, 5.41) is 14.3. The SMILES string of the molecule is O=C(C[C@@H]1C2CC[C@@H](C2)[C@@H]1CO)c1cnn2ccc(N3CCCC3c3cncc(F)c3)nc12. The predicted octanol–water partition coefficient (Wildman–Crippen LogP) is 3.83. The van der Waals surface area contributed by atoms with E-state index in [-0.39, 0.29) is 36.1 Å². The van der Waals surface area contributed by atoms with E-state index >= 15 is 0 Å². The van der Waals surface area contributed by atoms with E-state index in [1.165, 1.54) is 25.1 Å². The molecule has 3 aliphatic rings. The van der Waals surface area contributed by atoms with Crippen LogP contribution in [0.4, 0.5) is 10.2 Å². The molecule has 2 saturated carbocycles. The van der Waals surface area contributed by atoms with Gasteiger partial charge in [0.25, 0.3) is 0 Å². The van der Waals surface area contributed by atoms with Gasteiger partial charge in [-0.15, -0.1) is 0 Å². The van der Waals surface area contributed by atoms with Crippen LogP contribution in [0.5, 0.6) is 0 Å². The molecule has 2 aliphatic carbocycles. The average Bonchev–Trinajstić information content (AvgIpc) is 3.61. The van der Waals surface area contributed by atoms with Crippen molar-refractivity contribution in [2.24, 2.45) is 23.7 Å². The molecule has 172 valence electrons. The molecule has 1 saturated heterocycles. The van der Waals surface area contributed by atoms with E-state index in [2.05, 4.69) is 15.0 Å². The van der Waals surface area contributed by atoms with Gasteiger partial charge in [-0.05, 0) is 73.5 Å². The first kappa shape index (κ1) is 20.7. The Balaban J connectivity index is 1.28. The first-order valence-electron chi connectivity index (χ1n) is 12.0. The maximum Gasteiger partial charge on any atom is 0.168 e. The van der Waals surface area contributed by atoms with Gasteiger partial charge >= 0.3 is 0 Å². The summed E-state index contributed by atoms with van der Waals surface area (Å²) in [5.41, 5.74) is 1.94. The zero-order valence-corrected chi connectivity index (χ0v) is 18.5. The number of hydrogen-bond acceptors (Lipinski definition) is 6. The number of aromatic nitrogens is 4. The van der Waals surface area contributed by atoms with Gasteiger partial charge < -0.3 is 10.0 Å². The highest BCUT2D eigenvalue weighted by molar-refractivity contribution is 6.01. The van der Waals surface area contributed by atoms with E-state index in [1.807, 2.05) is 12.3 Å². The van der Waals surface area contributed by atoms with Crippen molar-refractivity contribution in [2.75, 3.05) is 18.1 Å². The number of aliphatic hydroxyl groups is 1. The molecule has 1 aliphatic heterocycles. The van der Waals surface area contributed by atoms with Crippen LogP contribution in [0.15, 0.2) is 36.9 Å². The largest absolute Gasteiger partial charge is 0.396 e. The molecule has 3 aromatic rings. The van der Waals surface area contributed by atoms with Crippen molar-refractivity contribution in [3.8, 4) is 0 Å². The molecule has 1 N–H and O–H groups in total. The number of carbonyl (C=O) groups is 1. The normalized spacial score (nSPS) is 28.8. The molecule has 0 aromatic carbocycles. The van der Waals surface area contributed by atoms with Gasteiger partial charge in [0, 0.05) is 32.0 Å². The molecular formula is C25H28FN5O2. The van der Waals surface area contributed by atoms with E-state index in [0.29, 0.717) is 29.5 Å². The summed E-state index contributed by atoms with van der Waals surface area (Å²) in [7, 11) is 0. The van der Waals surface area contributed by atoms with Crippen molar-refractivity contribution in [2.45, 2.75) is 44.6 Å². The summed E-state index contributed by atoms with van der Waals surface area (Å²) < 4.78 is 15.4. The van der Waals surface area contributed by atoms with E-state index in [0.717, 1.165) is 37.2 Å². The minimum atomic E-state index is -0.340. The lowest BCUT2D eigenvalue weighted by Gasteiger charge is -2.29. The minimum Gasteiger partial charge on any atom is -0.396 e. The summed E-state index contributed by atoms with van der Waals surface area (Å²) in [4.78, 5) is 24.3. The number of pyridine rings is 1. The molecule has 33 heavy (non-hydrogen) atoms. The van der Waals surface area contributed by atoms with E-state index in [4.69, 9.17) is 4.98 Å². The zero-order chi connectivity index (χ0) is 22.5. The third-order valence-electron chi connectivity index (χ3n) is 8.22. The van der Waals surface area contributed by atoms with Crippen LogP contribution in [-0.2, 0) is 0 Å². The molecule has 3 aromatic heterocycles. The highest BCUT2D eigenvalue weighted by Gasteiger charge is 2.47. The number of nitrogens with zero attached hydrogens (tertiary/aromatic N) is 5. The topological polar surface area (TPSA) is 83.6 Å². The van der Waals surface area contributed by atoms with Gasteiger partial charge in [0.2, 0.25) is 0 Å². The average molecular weight is 450 g/mol. The number of ketones is 1. The minimum absolute atomic E-state index is 0.00424. The predicted molar refractivity (Wildman–Crippen MR) is 120 cm³/mol. The molecule has 3 fully saturated rings. The first-order chi connectivity index (χ1) is 16.1. The number of anilines is 1. The first-order valence-corrected chi connectivity index (χ1v) is 12.0.